The van der Waals surface area contributed by atoms with Gasteiger partial charge in [0, 0.05) is 20.0 Å². The van der Waals surface area contributed by atoms with Gasteiger partial charge in [-0.05, 0) is 11.6 Å². The van der Waals surface area contributed by atoms with Crippen molar-refractivity contribution in [2.75, 3.05) is 18.4 Å². The van der Waals surface area contributed by atoms with Crippen molar-refractivity contribution >= 4 is 34.9 Å². The molecule has 0 spiro atoms. The number of amides is 1. The summed E-state index contributed by atoms with van der Waals surface area (Å²) in [6, 6.07) is 0. The maximum atomic E-state index is 10.6. The van der Waals surface area contributed by atoms with Gasteiger partial charge in [-0.25, -0.2) is 4.98 Å². The van der Waals surface area contributed by atoms with Crippen LogP contribution in [0.4, 0.5) is 5.82 Å². The van der Waals surface area contributed by atoms with E-state index in [-0.39, 0.29) is 11.2 Å². The molecule has 1 heterocycles. The number of halogens is 2. The van der Waals surface area contributed by atoms with Gasteiger partial charge in [0.1, 0.15) is 10.8 Å². The number of anilines is 1. The van der Waals surface area contributed by atoms with Crippen LogP contribution < -0.4 is 10.6 Å². The minimum absolute atomic E-state index is 0.0800. The molecular weight excluding hydrogens is 239 g/mol. The topological polar surface area (TPSA) is 66.9 Å². The first-order valence-electron chi connectivity index (χ1n) is 4.26. The van der Waals surface area contributed by atoms with E-state index in [4.69, 9.17) is 23.2 Å². The van der Waals surface area contributed by atoms with Gasteiger partial charge in [-0.15, -0.1) is 0 Å². The van der Waals surface area contributed by atoms with Gasteiger partial charge in [0.2, 0.25) is 11.2 Å². The molecule has 7 heteroatoms. The Morgan fingerprint density at radius 3 is 2.87 bits per heavy atom. The van der Waals surface area contributed by atoms with Gasteiger partial charge in [-0.3, -0.25) is 4.79 Å². The van der Waals surface area contributed by atoms with Crippen LogP contribution in [0, 0.1) is 0 Å². The number of carbonyl (C=O) groups excluding carboxylic acids is 1. The largest absolute Gasteiger partial charge is 0.367 e. The van der Waals surface area contributed by atoms with E-state index in [9.17, 15) is 4.79 Å². The summed E-state index contributed by atoms with van der Waals surface area (Å²) in [5, 5.41) is 6.07. The number of carbonyl (C=O) groups is 1. The van der Waals surface area contributed by atoms with Crippen molar-refractivity contribution in [2.45, 2.75) is 6.92 Å². The summed E-state index contributed by atoms with van der Waals surface area (Å²) in [6.45, 7) is 2.47. The van der Waals surface area contributed by atoms with Crippen LogP contribution in [0.3, 0.4) is 0 Å². The normalized spacial score (nSPS) is 9.80. The highest BCUT2D eigenvalue weighted by Crippen LogP contribution is 2.18. The average Bonchev–Trinajstić information content (AvgIpc) is 2.17. The molecule has 1 aromatic rings. The Hall–Kier alpha value is -1.07. The fourth-order valence-corrected chi connectivity index (χ4v) is 1.18. The number of aromatic nitrogens is 2. The molecule has 0 saturated heterocycles. The van der Waals surface area contributed by atoms with Crippen molar-refractivity contribution < 1.29 is 4.79 Å². The van der Waals surface area contributed by atoms with Gasteiger partial charge in [0.15, 0.2) is 0 Å². The van der Waals surface area contributed by atoms with Crippen LogP contribution in [-0.4, -0.2) is 29.0 Å². The van der Waals surface area contributed by atoms with E-state index in [0.717, 1.165) is 0 Å². The molecule has 0 aliphatic rings. The highest BCUT2D eigenvalue weighted by atomic mass is 35.5. The third-order valence-electron chi connectivity index (χ3n) is 1.51. The van der Waals surface area contributed by atoms with E-state index >= 15 is 0 Å². The Morgan fingerprint density at radius 2 is 2.20 bits per heavy atom. The SMILES string of the molecule is CC(=O)NCCNc1nc(Cl)ncc1Cl. The molecule has 1 rings (SSSR count). The minimum atomic E-state index is -0.0800. The van der Waals surface area contributed by atoms with Gasteiger partial charge >= 0.3 is 0 Å². The molecule has 1 aromatic heterocycles. The van der Waals surface area contributed by atoms with Crippen LogP contribution in [0.5, 0.6) is 0 Å². The molecule has 1 amide bonds. The molecule has 0 aliphatic carbocycles. The number of rotatable bonds is 4. The summed E-state index contributed by atoms with van der Waals surface area (Å²) in [5.74, 6) is 0.380. The van der Waals surface area contributed by atoms with Crippen molar-refractivity contribution in [2.24, 2.45) is 0 Å². The quantitative estimate of drug-likeness (QED) is 0.624. The number of nitrogens with one attached hydrogen (secondary N) is 2. The molecule has 82 valence electrons. The van der Waals surface area contributed by atoms with E-state index in [0.29, 0.717) is 23.9 Å². The Balaban J connectivity index is 2.43. The first-order valence-corrected chi connectivity index (χ1v) is 5.01. The molecule has 15 heavy (non-hydrogen) atoms. The maximum absolute atomic E-state index is 10.6. The monoisotopic (exact) mass is 248 g/mol. The third kappa shape index (κ3) is 4.31. The van der Waals surface area contributed by atoms with E-state index in [2.05, 4.69) is 20.6 Å². The summed E-state index contributed by atoms with van der Waals surface area (Å²) in [6.07, 6.45) is 1.41. The molecule has 0 unspecified atom stereocenters. The van der Waals surface area contributed by atoms with Crippen molar-refractivity contribution in [3.8, 4) is 0 Å². The van der Waals surface area contributed by atoms with Gasteiger partial charge in [0.25, 0.3) is 0 Å². The van der Waals surface area contributed by atoms with Gasteiger partial charge in [0.05, 0.1) is 6.20 Å². The summed E-state index contributed by atoms with van der Waals surface area (Å²) < 4.78 is 0. The summed E-state index contributed by atoms with van der Waals surface area (Å²) in [4.78, 5) is 18.2. The van der Waals surface area contributed by atoms with Crippen molar-refractivity contribution in [3.05, 3.63) is 16.5 Å². The van der Waals surface area contributed by atoms with Crippen LogP contribution in [0.1, 0.15) is 6.92 Å². The Morgan fingerprint density at radius 1 is 1.47 bits per heavy atom. The summed E-state index contributed by atoms with van der Waals surface area (Å²) in [5.41, 5.74) is 0. The Kier molecular flexibility index (Phi) is 4.58. The third-order valence-corrected chi connectivity index (χ3v) is 1.96. The molecule has 0 fully saturated rings. The molecular formula is C8H10Cl2N4O. The lowest BCUT2D eigenvalue weighted by Crippen LogP contribution is -2.26. The summed E-state index contributed by atoms with van der Waals surface area (Å²) >= 11 is 11.4. The lowest BCUT2D eigenvalue weighted by molar-refractivity contribution is -0.118. The number of hydrogen-bond acceptors (Lipinski definition) is 4. The minimum Gasteiger partial charge on any atom is -0.367 e. The van der Waals surface area contributed by atoms with Crippen LogP contribution in [0.25, 0.3) is 0 Å². The van der Waals surface area contributed by atoms with Crippen LogP contribution in [-0.2, 0) is 4.79 Å². The van der Waals surface area contributed by atoms with Crippen molar-refractivity contribution in [1.82, 2.24) is 15.3 Å². The fraction of sp³-hybridized carbons (Fsp3) is 0.375. The predicted octanol–water partition coefficient (Wildman–Crippen LogP) is 1.33. The second-order valence-electron chi connectivity index (χ2n) is 2.75. The first-order chi connectivity index (χ1) is 7.09. The Labute approximate surface area is 97.2 Å². The lowest BCUT2D eigenvalue weighted by atomic mass is 10.5. The number of hydrogen-bond donors (Lipinski definition) is 2. The molecule has 0 aromatic carbocycles. The van der Waals surface area contributed by atoms with E-state index < -0.39 is 0 Å². The smallest absolute Gasteiger partial charge is 0.224 e. The zero-order chi connectivity index (χ0) is 11.3. The average molecular weight is 249 g/mol. The second kappa shape index (κ2) is 5.72. The van der Waals surface area contributed by atoms with E-state index in [1.165, 1.54) is 13.1 Å². The van der Waals surface area contributed by atoms with Crippen LogP contribution >= 0.6 is 23.2 Å². The van der Waals surface area contributed by atoms with Gasteiger partial charge < -0.3 is 10.6 Å². The van der Waals surface area contributed by atoms with E-state index in [1.807, 2.05) is 0 Å². The molecule has 0 atom stereocenters. The molecule has 0 radical (unpaired) electrons. The molecule has 0 saturated carbocycles. The second-order valence-corrected chi connectivity index (χ2v) is 3.49. The highest BCUT2D eigenvalue weighted by Gasteiger charge is 2.02. The highest BCUT2D eigenvalue weighted by molar-refractivity contribution is 6.33. The Bertz CT molecular complexity index is 358. The maximum Gasteiger partial charge on any atom is 0.224 e. The first kappa shape index (κ1) is 12.0. The molecule has 0 aliphatic heterocycles. The lowest BCUT2D eigenvalue weighted by Gasteiger charge is -2.07. The van der Waals surface area contributed by atoms with E-state index in [1.54, 1.807) is 0 Å². The standard InChI is InChI=1S/C8H10Cl2N4O/c1-5(15)11-2-3-12-7-6(9)4-13-8(10)14-7/h4H,2-3H2,1H3,(H,11,15)(H,12,13,14). The number of nitrogens with zero attached hydrogens (tertiary/aromatic N) is 2. The van der Waals surface area contributed by atoms with Crippen molar-refractivity contribution in [3.63, 3.8) is 0 Å². The van der Waals surface area contributed by atoms with Crippen molar-refractivity contribution in [1.29, 1.82) is 0 Å². The van der Waals surface area contributed by atoms with Gasteiger partial charge in [-0.1, -0.05) is 11.6 Å². The zero-order valence-electron chi connectivity index (χ0n) is 8.05. The van der Waals surface area contributed by atoms with Crippen LogP contribution in [0.2, 0.25) is 10.3 Å². The van der Waals surface area contributed by atoms with Crippen LogP contribution in [0.15, 0.2) is 6.20 Å². The fourth-order valence-electron chi connectivity index (χ4n) is 0.889. The van der Waals surface area contributed by atoms with Gasteiger partial charge in [-0.2, -0.15) is 4.98 Å². The predicted molar refractivity (Wildman–Crippen MR) is 59.2 cm³/mol. The molecule has 5 nitrogen and oxygen atoms in total. The molecule has 2 N–H and O–H groups in total. The molecule has 0 bridgehead atoms. The zero-order valence-corrected chi connectivity index (χ0v) is 9.56. The summed E-state index contributed by atoms with van der Waals surface area (Å²) in [7, 11) is 0.